The van der Waals surface area contributed by atoms with Gasteiger partial charge in [-0.15, -0.1) is 0 Å². The topological polar surface area (TPSA) is 91.6 Å². The fourth-order valence-corrected chi connectivity index (χ4v) is 1.99. The lowest BCUT2D eigenvalue weighted by Crippen LogP contribution is -2.53. The molecule has 1 unspecified atom stereocenters. The second-order valence-electron chi connectivity index (χ2n) is 5.04. The molecule has 1 fully saturated rings. The van der Waals surface area contributed by atoms with Crippen LogP contribution in [0, 0.1) is 5.92 Å². The fourth-order valence-electron chi connectivity index (χ4n) is 1.99. The van der Waals surface area contributed by atoms with Crippen molar-refractivity contribution >= 4 is 12.0 Å². The molecule has 6 heteroatoms. The van der Waals surface area contributed by atoms with Crippen molar-refractivity contribution in [3.05, 3.63) is 24.2 Å². The number of rotatable bonds is 5. The van der Waals surface area contributed by atoms with Gasteiger partial charge in [-0.25, -0.2) is 9.59 Å². The molecule has 1 aliphatic carbocycles. The zero-order valence-corrected chi connectivity index (χ0v) is 10.8. The molecule has 2 rings (SSSR count). The van der Waals surface area contributed by atoms with Crippen LogP contribution in [0.5, 0.6) is 0 Å². The molecule has 0 bridgehead atoms. The maximum absolute atomic E-state index is 11.8. The number of hydrogen-bond donors (Lipinski definition) is 3. The van der Waals surface area contributed by atoms with Gasteiger partial charge >= 0.3 is 12.0 Å². The van der Waals surface area contributed by atoms with Gasteiger partial charge in [0.2, 0.25) is 0 Å². The van der Waals surface area contributed by atoms with Crippen molar-refractivity contribution in [1.29, 1.82) is 0 Å². The second kappa shape index (κ2) is 5.34. The van der Waals surface area contributed by atoms with E-state index in [4.69, 9.17) is 4.42 Å². The Morgan fingerprint density at radius 1 is 1.53 bits per heavy atom. The van der Waals surface area contributed by atoms with Gasteiger partial charge in [0, 0.05) is 6.54 Å². The lowest BCUT2D eigenvalue weighted by Gasteiger charge is -2.27. The van der Waals surface area contributed by atoms with Crippen molar-refractivity contribution < 1.29 is 19.1 Å². The second-order valence-corrected chi connectivity index (χ2v) is 5.04. The van der Waals surface area contributed by atoms with Gasteiger partial charge in [-0.05, 0) is 37.8 Å². The molecule has 1 aliphatic rings. The van der Waals surface area contributed by atoms with Gasteiger partial charge in [-0.3, -0.25) is 0 Å². The van der Waals surface area contributed by atoms with E-state index in [-0.39, 0.29) is 5.76 Å². The Balaban J connectivity index is 1.96. The summed E-state index contributed by atoms with van der Waals surface area (Å²) in [6.07, 6.45) is 4.82. The van der Waals surface area contributed by atoms with Crippen molar-refractivity contribution in [1.82, 2.24) is 10.6 Å². The van der Waals surface area contributed by atoms with Crippen molar-refractivity contribution in [3.8, 4) is 0 Å². The minimum Gasteiger partial charge on any atom is -0.479 e. The molecule has 1 aromatic rings. The summed E-state index contributed by atoms with van der Waals surface area (Å²) < 4.78 is 5.10. The summed E-state index contributed by atoms with van der Waals surface area (Å²) in [5.41, 5.74) is -1.56. The molecule has 1 aromatic heterocycles. The molecule has 0 saturated heterocycles. The molecule has 19 heavy (non-hydrogen) atoms. The Morgan fingerprint density at radius 3 is 2.74 bits per heavy atom. The van der Waals surface area contributed by atoms with Crippen molar-refractivity contribution in [2.75, 3.05) is 6.54 Å². The van der Waals surface area contributed by atoms with Gasteiger partial charge in [-0.1, -0.05) is 6.42 Å². The van der Waals surface area contributed by atoms with Gasteiger partial charge in [-0.2, -0.15) is 0 Å². The van der Waals surface area contributed by atoms with E-state index < -0.39 is 17.5 Å². The third-order valence-corrected chi connectivity index (χ3v) is 3.58. The number of nitrogens with one attached hydrogen (secondary N) is 2. The number of hydrogen-bond acceptors (Lipinski definition) is 3. The summed E-state index contributed by atoms with van der Waals surface area (Å²) >= 11 is 0. The predicted octanol–water partition coefficient (Wildman–Crippen LogP) is 1.68. The van der Waals surface area contributed by atoms with Crippen LogP contribution in [0.2, 0.25) is 0 Å². The first kappa shape index (κ1) is 13.5. The highest BCUT2D eigenvalue weighted by Crippen LogP contribution is 2.25. The summed E-state index contributed by atoms with van der Waals surface area (Å²) in [6.45, 7) is 1.98. The number of amides is 2. The molecule has 2 amide bonds. The number of furan rings is 1. The quantitative estimate of drug-likeness (QED) is 0.756. The van der Waals surface area contributed by atoms with Crippen LogP contribution in [0.3, 0.4) is 0 Å². The third-order valence-electron chi connectivity index (χ3n) is 3.58. The number of urea groups is 1. The van der Waals surface area contributed by atoms with Crippen molar-refractivity contribution in [3.63, 3.8) is 0 Å². The number of carbonyl (C=O) groups excluding carboxylic acids is 1. The average molecular weight is 266 g/mol. The molecule has 0 aliphatic heterocycles. The monoisotopic (exact) mass is 266 g/mol. The zero-order chi connectivity index (χ0) is 13.9. The first-order valence-electron chi connectivity index (χ1n) is 6.36. The van der Waals surface area contributed by atoms with Crippen molar-refractivity contribution in [2.45, 2.75) is 31.7 Å². The Morgan fingerprint density at radius 2 is 2.26 bits per heavy atom. The van der Waals surface area contributed by atoms with Crippen LogP contribution in [0.4, 0.5) is 4.79 Å². The van der Waals surface area contributed by atoms with E-state index in [1.54, 1.807) is 6.07 Å². The van der Waals surface area contributed by atoms with E-state index in [2.05, 4.69) is 10.6 Å². The normalized spacial score (nSPS) is 18.2. The number of carbonyl (C=O) groups is 2. The highest BCUT2D eigenvalue weighted by Gasteiger charge is 2.39. The molecule has 0 spiro atoms. The minimum absolute atomic E-state index is 0.193. The Labute approximate surface area is 111 Å². The van der Waals surface area contributed by atoms with Gasteiger partial charge in [0.05, 0.1) is 6.26 Å². The molecule has 1 heterocycles. The largest absolute Gasteiger partial charge is 0.479 e. The highest BCUT2D eigenvalue weighted by atomic mass is 16.4. The summed E-state index contributed by atoms with van der Waals surface area (Å²) in [6, 6.07) is 2.62. The SMILES string of the molecule is CC(NC(=O)NCC1CCC1)(C(=O)O)c1ccco1. The molecular formula is C13H18N2O4. The van der Waals surface area contributed by atoms with Crippen LogP contribution >= 0.6 is 0 Å². The van der Waals surface area contributed by atoms with Crippen LogP contribution in [0.25, 0.3) is 0 Å². The molecule has 3 N–H and O–H groups in total. The minimum atomic E-state index is -1.56. The van der Waals surface area contributed by atoms with E-state index in [9.17, 15) is 14.7 Å². The van der Waals surface area contributed by atoms with E-state index in [1.165, 1.54) is 25.7 Å². The molecule has 0 radical (unpaired) electrons. The van der Waals surface area contributed by atoms with Gasteiger partial charge in [0.25, 0.3) is 0 Å². The average Bonchev–Trinajstić information content (AvgIpc) is 2.80. The maximum atomic E-state index is 11.8. The highest BCUT2D eigenvalue weighted by molar-refractivity contribution is 5.86. The Kier molecular flexibility index (Phi) is 3.78. The van der Waals surface area contributed by atoms with E-state index in [1.807, 2.05) is 0 Å². The van der Waals surface area contributed by atoms with Crippen molar-refractivity contribution in [2.24, 2.45) is 5.92 Å². The lowest BCUT2D eigenvalue weighted by molar-refractivity contribution is -0.144. The van der Waals surface area contributed by atoms with Crippen LogP contribution in [-0.2, 0) is 10.3 Å². The lowest BCUT2D eigenvalue weighted by atomic mass is 9.85. The van der Waals surface area contributed by atoms with Crippen LogP contribution in [-0.4, -0.2) is 23.7 Å². The molecule has 1 saturated carbocycles. The first-order chi connectivity index (χ1) is 9.02. The molecular weight excluding hydrogens is 248 g/mol. The number of carboxylic acids is 1. The smallest absolute Gasteiger partial charge is 0.337 e. The van der Waals surface area contributed by atoms with E-state index >= 15 is 0 Å². The van der Waals surface area contributed by atoms with Gasteiger partial charge < -0.3 is 20.2 Å². The van der Waals surface area contributed by atoms with Crippen LogP contribution in [0.1, 0.15) is 31.9 Å². The molecule has 1 atom stereocenters. The van der Waals surface area contributed by atoms with Gasteiger partial charge in [0.1, 0.15) is 5.76 Å². The van der Waals surface area contributed by atoms with Gasteiger partial charge in [0.15, 0.2) is 5.54 Å². The number of aliphatic carboxylic acids is 1. The summed E-state index contributed by atoms with van der Waals surface area (Å²) in [5.74, 6) is -0.453. The fraction of sp³-hybridized carbons (Fsp3) is 0.538. The maximum Gasteiger partial charge on any atom is 0.337 e. The summed E-state index contributed by atoms with van der Waals surface area (Å²) in [7, 11) is 0. The third kappa shape index (κ3) is 2.89. The summed E-state index contributed by atoms with van der Waals surface area (Å²) in [4.78, 5) is 23.1. The zero-order valence-electron chi connectivity index (χ0n) is 10.8. The standard InChI is InChI=1S/C13H18N2O4/c1-13(11(16)17,10-6-3-7-19-10)15-12(18)14-8-9-4-2-5-9/h3,6-7,9H,2,4-5,8H2,1H3,(H,16,17)(H2,14,15,18). The molecule has 6 nitrogen and oxygen atoms in total. The van der Waals surface area contributed by atoms with E-state index in [0.717, 1.165) is 12.8 Å². The summed E-state index contributed by atoms with van der Waals surface area (Å²) in [5, 5.41) is 14.4. The van der Waals surface area contributed by atoms with E-state index in [0.29, 0.717) is 12.5 Å². The van der Waals surface area contributed by atoms with Crippen LogP contribution in [0.15, 0.2) is 22.8 Å². The number of carboxylic acid groups (broad SMARTS) is 1. The Hall–Kier alpha value is -1.98. The molecule has 104 valence electrons. The molecule has 0 aromatic carbocycles. The van der Waals surface area contributed by atoms with Crippen LogP contribution < -0.4 is 10.6 Å². The predicted molar refractivity (Wildman–Crippen MR) is 67.6 cm³/mol. The first-order valence-corrected chi connectivity index (χ1v) is 6.36. The Bertz CT molecular complexity index is 453.